The van der Waals surface area contributed by atoms with Crippen molar-refractivity contribution in [1.29, 1.82) is 0 Å². The van der Waals surface area contributed by atoms with Crippen LogP contribution in [0.3, 0.4) is 0 Å². The third-order valence-electron chi connectivity index (χ3n) is 2.50. The molecule has 0 aromatic rings. The second kappa shape index (κ2) is 1.66. The van der Waals surface area contributed by atoms with Crippen molar-refractivity contribution in [1.82, 2.24) is 0 Å². The van der Waals surface area contributed by atoms with Crippen molar-refractivity contribution in [3.8, 4) is 0 Å². The summed E-state index contributed by atoms with van der Waals surface area (Å²) < 4.78 is 0. The van der Waals surface area contributed by atoms with Crippen LogP contribution < -0.4 is 0 Å². The van der Waals surface area contributed by atoms with Crippen LogP contribution in [0.25, 0.3) is 0 Å². The molecule has 1 saturated carbocycles. The molecule has 3 unspecified atom stereocenters. The average molecular weight is 128 g/mol. The van der Waals surface area contributed by atoms with Gasteiger partial charge in [0.2, 0.25) is 0 Å². The molecule has 0 nitrogen and oxygen atoms in total. The molecule has 1 aliphatic carbocycles. The topological polar surface area (TPSA) is 0 Å². The lowest BCUT2D eigenvalue weighted by atomic mass is 9.74. The molecule has 2 aliphatic rings. The number of fused-ring (bicyclic) bond motifs is 1. The first kappa shape index (κ1) is 5.16. The maximum absolute atomic E-state index is 2.39. The highest BCUT2D eigenvalue weighted by atomic mass is 32.2. The van der Waals surface area contributed by atoms with Gasteiger partial charge in [0.05, 0.1) is 0 Å². The maximum atomic E-state index is 2.39. The van der Waals surface area contributed by atoms with E-state index in [2.05, 4.69) is 18.7 Å². The molecule has 3 atom stereocenters. The Morgan fingerprint density at radius 3 is 2.88 bits per heavy atom. The highest BCUT2D eigenvalue weighted by Gasteiger charge is 2.41. The van der Waals surface area contributed by atoms with Crippen LogP contribution >= 0.6 is 11.8 Å². The molecule has 46 valence electrons. The Labute approximate surface area is 55.0 Å². The van der Waals surface area contributed by atoms with Crippen LogP contribution in [0.5, 0.6) is 0 Å². The summed E-state index contributed by atoms with van der Waals surface area (Å²) in [6.07, 6.45) is 3.04. The Kier molecular flexibility index (Phi) is 1.07. The van der Waals surface area contributed by atoms with Gasteiger partial charge in [-0.15, -0.1) is 0 Å². The fourth-order valence-electron chi connectivity index (χ4n) is 1.95. The van der Waals surface area contributed by atoms with Gasteiger partial charge in [-0.05, 0) is 30.4 Å². The molecule has 0 spiro atoms. The third kappa shape index (κ3) is 0.540. The third-order valence-corrected chi connectivity index (χ3v) is 4.20. The molecular weight excluding hydrogens is 116 g/mol. The van der Waals surface area contributed by atoms with Crippen molar-refractivity contribution in [2.24, 2.45) is 11.8 Å². The summed E-state index contributed by atoms with van der Waals surface area (Å²) in [4.78, 5) is 0. The summed E-state index contributed by atoms with van der Waals surface area (Å²) in [6.45, 7) is 2.39. The van der Waals surface area contributed by atoms with Crippen LogP contribution in [0.4, 0.5) is 0 Å². The van der Waals surface area contributed by atoms with E-state index in [0.717, 1.165) is 17.1 Å². The van der Waals surface area contributed by atoms with E-state index in [4.69, 9.17) is 0 Å². The summed E-state index contributed by atoms with van der Waals surface area (Å²) in [5.41, 5.74) is 0. The average Bonchev–Trinajstić information content (AvgIpc) is 2.09. The van der Waals surface area contributed by atoms with Gasteiger partial charge in [0.1, 0.15) is 0 Å². The summed E-state index contributed by atoms with van der Waals surface area (Å²) in [6, 6.07) is 0. The lowest BCUT2D eigenvalue weighted by Crippen LogP contribution is -2.33. The minimum atomic E-state index is 1.05. The van der Waals surface area contributed by atoms with Crippen LogP contribution in [0.2, 0.25) is 0 Å². The first-order valence-corrected chi connectivity index (χ1v) is 4.54. The van der Waals surface area contributed by atoms with Crippen molar-refractivity contribution < 1.29 is 0 Å². The molecule has 1 heteroatoms. The molecule has 0 amide bonds. The summed E-state index contributed by atoms with van der Waals surface area (Å²) in [5.74, 6) is 3.63. The Bertz CT molecular complexity index is 101. The van der Waals surface area contributed by atoms with Crippen LogP contribution in [0, 0.1) is 11.8 Å². The second-order valence-electron chi connectivity index (χ2n) is 3.10. The van der Waals surface area contributed by atoms with Crippen LogP contribution in [0.15, 0.2) is 0 Å². The van der Waals surface area contributed by atoms with E-state index in [0.29, 0.717) is 0 Å². The van der Waals surface area contributed by atoms with E-state index in [9.17, 15) is 0 Å². The molecule has 0 radical (unpaired) electrons. The molecule has 8 heavy (non-hydrogen) atoms. The highest BCUT2D eigenvalue weighted by Crippen LogP contribution is 2.49. The molecule has 0 aromatic carbocycles. The first-order valence-electron chi connectivity index (χ1n) is 3.49. The van der Waals surface area contributed by atoms with E-state index in [1.165, 1.54) is 18.6 Å². The van der Waals surface area contributed by atoms with Gasteiger partial charge in [0, 0.05) is 5.25 Å². The molecular formula is C7H12S. The lowest BCUT2D eigenvalue weighted by molar-refractivity contribution is 0.236. The van der Waals surface area contributed by atoms with Gasteiger partial charge in [0.15, 0.2) is 0 Å². The predicted molar refractivity (Wildman–Crippen MR) is 38.1 cm³/mol. The largest absolute Gasteiger partial charge is 0.158 e. The molecule has 2 rings (SSSR count). The molecule has 2 fully saturated rings. The van der Waals surface area contributed by atoms with Gasteiger partial charge < -0.3 is 0 Å². The smallest absolute Gasteiger partial charge is 0.0101 e. The Balaban J connectivity index is 2.02. The van der Waals surface area contributed by atoms with Crippen LogP contribution in [-0.4, -0.2) is 11.0 Å². The number of rotatable bonds is 0. The highest BCUT2D eigenvalue weighted by molar-refractivity contribution is 8.00. The summed E-state index contributed by atoms with van der Waals surface area (Å²) >= 11 is 2.20. The zero-order valence-corrected chi connectivity index (χ0v) is 6.08. The van der Waals surface area contributed by atoms with E-state index < -0.39 is 0 Å². The van der Waals surface area contributed by atoms with Crippen LogP contribution in [0.1, 0.15) is 19.8 Å². The van der Waals surface area contributed by atoms with E-state index in [1.54, 1.807) is 0 Å². The Morgan fingerprint density at radius 2 is 2.38 bits per heavy atom. The predicted octanol–water partition coefficient (Wildman–Crippen LogP) is 2.15. The molecule has 1 saturated heterocycles. The normalized spacial score (nSPS) is 52.9. The van der Waals surface area contributed by atoms with E-state index in [1.807, 2.05) is 0 Å². The van der Waals surface area contributed by atoms with E-state index >= 15 is 0 Å². The standard InChI is InChI=1S/C7H12S/c1-5-4-6-2-3-8-7(5)6/h5-7H,2-4H2,1H3. The lowest BCUT2D eigenvalue weighted by Gasteiger charge is -2.36. The quantitative estimate of drug-likeness (QED) is 0.481. The van der Waals surface area contributed by atoms with Crippen molar-refractivity contribution in [3.05, 3.63) is 0 Å². The number of hydrogen-bond donors (Lipinski definition) is 0. The zero-order valence-electron chi connectivity index (χ0n) is 5.26. The Hall–Kier alpha value is 0.350. The maximum Gasteiger partial charge on any atom is 0.0101 e. The number of thioether (sulfide) groups is 1. The Morgan fingerprint density at radius 1 is 1.50 bits per heavy atom. The SMILES string of the molecule is CC1CC2CCSC12. The minimum Gasteiger partial charge on any atom is -0.158 e. The van der Waals surface area contributed by atoms with E-state index in [-0.39, 0.29) is 0 Å². The molecule has 0 bridgehead atoms. The van der Waals surface area contributed by atoms with Gasteiger partial charge in [-0.3, -0.25) is 0 Å². The van der Waals surface area contributed by atoms with Crippen molar-refractivity contribution in [3.63, 3.8) is 0 Å². The van der Waals surface area contributed by atoms with Crippen molar-refractivity contribution in [2.45, 2.75) is 25.0 Å². The van der Waals surface area contributed by atoms with Crippen molar-refractivity contribution in [2.75, 3.05) is 5.75 Å². The second-order valence-corrected chi connectivity index (χ2v) is 4.38. The summed E-state index contributed by atoms with van der Waals surface area (Å²) in [7, 11) is 0. The number of hydrogen-bond acceptors (Lipinski definition) is 1. The minimum absolute atomic E-state index is 1.05. The monoisotopic (exact) mass is 128 g/mol. The zero-order chi connectivity index (χ0) is 5.56. The molecule has 1 aliphatic heterocycles. The van der Waals surface area contributed by atoms with Gasteiger partial charge in [-0.25, -0.2) is 0 Å². The van der Waals surface area contributed by atoms with Gasteiger partial charge in [-0.2, -0.15) is 11.8 Å². The first-order chi connectivity index (χ1) is 3.88. The van der Waals surface area contributed by atoms with Gasteiger partial charge in [-0.1, -0.05) is 6.92 Å². The fourth-order valence-corrected chi connectivity index (χ4v) is 3.62. The molecule has 1 heterocycles. The molecule has 0 N–H and O–H groups in total. The van der Waals surface area contributed by atoms with Gasteiger partial charge in [0.25, 0.3) is 0 Å². The fraction of sp³-hybridized carbons (Fsp3) is 1.00. The molecule has 0 aromatic heterocycles. The summed E-state index contributed by atoms with van der Waals surface area (Å²) in [5, 5.41) is 1.08. The van der Waals surface area contributed by atoms with Crippen molar-refractivity contribution >= 4 is 11.8 Å². The van der Waals surface area contributed by atoms with Crippen LogP contribution in [-0.2, 0) is 0 Å². The van der Waals surface area contributed by atoms with Gasteiger partial charge >= 0.3 is 0 Å².